The lowest BCUT2D eigenvalue weighted by molar-refractivity contribution is -0.119. The molecule has 96 valence electrons. The van der Waals surface area contributed by atoms with Gasteiger partial charge < -0.3 is 20.6 Å². The molecule has 1 aromatic rings. The number of nitrogen functional groups attached to an aromatic ring is 1. The standard InChI is InChI=1S/C12H15N3O3/c13-9-1-2-10(11(17)7-9)12(18)15-5-3-14(8-16)4-6-15/h1-2,7-8,17H,3-6,13H2. The first-order valence-electron chi connectivity index (χ1n) is 5.69. The highest BCUT2D eigenvalue weighted by atomic mass is 16.3. The van der Waals surface area contributed by atoms with Crippen molar-refractivity contribution in [2.45, 2.75) is 0 Å². The molecule has 0 spiro atoms. The lowest BCUT2D eigenvalue weighted by Crippen LogP contribution is -2.48. The van der Waals surface area contributed by atoms with Crippen LogP contribution >= 0.6 is 0 Å². The Kier molecular flexibility index (Phi) is 3.36. The number of nitrogens with two attached hydrogens (primary N) is 1. The Morgan fingerprint density at radius 2 is 1.94 bits per heavy atom. The van der Waals surface area contributed by atoms with Crippen molar-refractivity contribution in [2.24, 2.45) is 0 Å². The van der Waals surface area contributed by atoms with Crippen LogP contribution in [-0.4, -0.2) is 53.4 Å². The first-order valence-corrected chi connectivity index (χ1v) is 5.69. The van der Waals surface area contributed by atoms with E-state index in [4.69, 9.17) is 5.73 Å². The number of carbonyl (C=O) groups is 2. The molecule has 6 nitrogen and oxygen atoms in total. The zero-order chi connectivity index (χ0) is 13.1. The number of rotatable bonds is 2. The molecule has 1 heterocycles. The largest absolute Gasteiger partial charge is 0.507 e. The van der Waals surface area contributed by atoms with Crippen molar-refractivity contribution in [2.75, 3.05) is 31.9 Å². The Bertz CT molecular complexity index is 468. The Hall–Kier alpha value is -2.24. The third-order valence-corrected chi connectivity index (χ3v) is 3.00. The highest BCUT2D eigenvalue weighted by molar-refractivity contribution is 5.97. The quantitative estimate of drug-likeness (QED) is 0.565. The van der Waals surface area contributed by atoms with Crippen LogP contribution in [0.4, 0.5) is 5.69 Å². The number of phenols is 1. The molecule has 1 saturated heterocycles. The molecule has 0 unspecified atom stereocenters. The van der Waals surface area contributed by atoms with Gasteiger partial charge in [-0.1, -0.05) is 0 Å². The van der Waals surface area contributed by atoms with Gasteiger partial charge in [0.1, 0.15) is 5.75 Å². The predicted octanol–water partition coefficient (Wildman–Crippen LogP) is -0.111. The number of piperazine rings is 1. The molecule has 0 saturated carbocycles. The van der Waals surface area contributed by atoms with Crippen LogP contribution in [0.15, 0.2) is 18.2 Å². The number of nitrogens with zero attached hydrogens (tertiary/aromatic N) is 2. The molecule has 0 radical (unpaired) electrons. The monoisotopic (exact) mass is 249 g/mol. The molecule has 0 aliphatic carbocycles. The summed E-state index contributed by atoms with van der Waals surface area (Å²) in [4.78, 5) is 25.9. The molecule has 2 amide bonds. The predicted molar refractivity (Wildman–Crippen MR) is 66.1 cm³/mol. The van der Waals surface area contributed by atoms with Crippen molar-refractivity contribution >= 4 is 18.0 Å². The number of hydrogen-bond acceptors (Lipinski definition) is 4. The highest BCUT2D eigenvalue weighted by Gasteiger charge is 2.23. The Morgan fingerprint density at radius 3 is 2.50 bits per heavy atom. The Labute approximate surface area is 105 Å². The molecule has 1 aliphatic rings. The van der Waals surface area contributed by atoms with E-state index in [1.807, 2.05) is 0 Å². The number of amides is 2. The average Bonchev–Trinajstić information content (AvgIpc) is 2.38. The van der Waals surface area contributed by atoms with E-state index < -0.39 is 0 Å². The third-order valence-electron chi connectivity index (χ3n) is 3.00. The van der Waals surface area contributed by atoms with Crippen molar-refractivity contribution < 1.29 is 14.7 Å². The number of anilines is 1. The molecule has 0 bridgehead atoms. The van der Waals surface area contributed by atoms with Crippen LogP contribution in [0.3, 0.4) is 0 Å². The van der Waals surface area contributed by atoms with Gasteiger partial charge in [-0.2, -0.15) is 0 Å². The number of hydrogen-bond donors (Lipinski definition) is 2. The van der Waals surface area contributed by atoms with E-state index in [1.165, 1.54) is 12.1 Å². The summed E-state index contributed by atoms with van der Waals surface area (Å²) in [7, 11) is 0. The summed E-state index contributed by atoms with van der Waals surface area (Å²) in [6.07, 6.45) is 0.780. The maximum absolute atomic E-state index is 12.1. The topological polar surface area (TPSA) is 86.9 Å². The second-order valence-corrected chi connectivity index (χ2v) is 4.21. The zero-order valence-corrected chi connectivity index (χ0v) is 9.87. The van der Waals surface area contributed by atoms with Gasteiger partial charge in [0.15, 0.2) is 0 Å². The molecule has 2 rings (SSSR count). The fourth-order valence-electron chi connectivity index (χ4n) is 1.93. The fraction of sp³-hybridized carbons (Fsp3) is 0.333. The zero-order valence-electron chi connectivity index (χ0n) is 9.87. The van der Waals surface area contributed by atoms with Crippen LogP contribution in [-0.2, 0) is 4.79 Å². The molecule has 3 N–H and O–H groups in total. The number of phenolic OH excluding ortho intramolecular Hbond substituents is 1. The van der Waals surface area contributed by atoms with Gasteiger partial charge in [0.05, 0.1) is 5.56 Å². The molecule has 6 heteroatoms. The van der Waals surface area contributed by atoms with Gasteiger partial charge in [-0.15, -0.1) is 0 Å². The van der Waals surface area contributed by atoms with E-state index in [9.17, 15) is 14.7 Å². The van der Waals surface area contributed by atoms with Crippen molar-refractivity contribution in [1.29, 1.82) is 0 Å². The molecule has 1 fully saturated rings. The highest BCUT2D eigenvalue weighted by Crippen LogP contribution is 2.22. The lowest BCUT2D eigenvalue weighted by Gasteiger charge is -2.32. The minimum atomic E-state index is -0.238. The van der Waals surface area contributed by atoms with E-state index in [2.05, 4.69) is 0 Å². The van der Waals surface area contributed by atoms with Crippen LogP contribution in [0.2, 0.25) is 0 Å². The van der Waals surface area contributed by atoms with Crippen LogP contribution in [0, 0.1) is 0 Å². The smallest absolute Gasteiger partial charge is 0.257 e. The van der Waals surface area contributed by atoms with Gasteiger partial charge >= 0.3 is 0 Å². The van der Waals surface area contributed by atoms with Crippen LogP contribution < -0.4 is 5.73 Å². The maximum Gasteiger partial charge on any atom is 0.257 e. The van der Waals surface area contributed by atoms with Gasteiger partial charge in [0.2, 0.25) is 6.41 Å². The van der Waals surface area contributed by atoms with E-state index in [0.717, 1.165) is 6.41 Å². The van der Waals surface area contributed by atoms with Crippen LogP contribution in [0.5, 0.6) is 5.75 Å². The second kappa shape index (κ2) is 4.95. The van der Waals surface area contributed by atoms with Crippen molar-refractivity contribution in [1.82, 2.24) is 9.80 Å². The third kappa shape index (κ3) is 2.37. The first-order chi connectivity index (χ1) is 8.61. The molecule has 1 aromatic carbocycles. The van der Waals surface area contributed by atoms with Gasteiger partial charge in [0.25, 0.3) is 5.91 Å². The lowest BCUT2D eigenvalue weighted by atomic mass is 10.1. The fourth-order valence-corrected chi connectivity index (χ4v) is 1.93. The normalized spacial score (nSPS) is 15.6. The summed E-state index contributed by atoms with van der Waals surface area (Å²) in [5.41, 5.74) is 6.16. The van der Waals surface area contributed by atoms with Crippen molar-refractivity contribution in [3.8, 4) is 5.75 Å². The molecular weight excluding hydrogens is 234 g/mol. The van der Waals surface area contributed by atoms with E-state index >= 15 is 0 Å². The van der Waals surface area contributed by atoms with Crippen molar-refractivity contribution in [3.63, 3.8) is 0 Å². The summed E-state index contributed by atoms with van der Waals surface area (Å²) in [5.74, 6) is -0.351. The molecule has 18 heavy (non-hydrogen) atoms. The number of carbonyl (C=O) groups excluding carboxylic acids is 2. The first kappa shape index (κ1) is 12.2. The van der Waals surface area contributed by atoms with E-state index in [-0.39, 0.29) is 17.2 Å². The van der Waals surface area contributed by atoms with Gasteiger partial charge in [-0.3, -0.25) is 9.59 Å². The SMILES string of the molecule is Nc1ccc(C(=O)N2CCN(C=O)CC2)c(O)c1. The summed E-state index contributed by atoms with van der Waals surface area (Å²) < 4.78 is 0. The Morgan fingerprint density at radius 1 is 1.28 bits per heavy atom. The minimum absolute atomic E-state index is 0.113. The molecule has 0 atom stereocenters. The second-order valence-electron chi connectivity index (χ2n) is 4.21. The number of aromatic hydroxyl groups is 1. The number of benzene rings is 1. The molecule has 1 aliphatic heterocycles. The van der Waals surface area contributed by atoms with Crippen LogP contribution in [0.1, 0.15) is 10.4 Å². The van der Waals surface area contributed by atoms with Gasteiger partial charge in [-0.25, -0.2) is 0 Å². The summed E-state index contributed by atoms with van der Waals surface area (Å²) in [6.45, 7) is 1.98. The summed E-state index contributed by atoms with van der Waals surface area (Å²) >= 11 is 0. The van der Waals surface area contributed by atoms with Crippen molar-refractivity contribution in [3.05, 3.63) is 23.8 Å². The van der Waals surface area contributed by atoms with Crippen LogP contribution in [0.25, 0.3) is 0 Å². The Balaban J connectivity index is 2.10. The summed E-state index contributed by atoms with van der Waals surface area (Å²) in [6, 6.07) is 4.45. The molecule has 0 aromatic heterocycles. The van der Waals surface area contributed by atoms with E-state index in [0.29, 0.717) is 31.9 Å². The minimum Gasteiger partial charge on any atom is -0.507 e. The van der Waals surface area contributed by atoms with E-state index in [1.54, 1.807) is 15.9 Å². The molecular formula is C12H15N3O3. The summed E-state index contributed by atoms with van der Waals surface area (Å²) in [5, 5.41) is 9.70. The average molecular weight is 249 g/mol. The van der Waals surface area contributed by atoms with Gasteiger partial charge in [0, 0.05) is 37.9 Å². The maximum atomic E-state index is 12.1. The van der Waals surface area contributed by atoms with Gasteiger partial charge in [-0.05, 0) is 12.1 Å².